The maximum Gasteiger partial charge on any atom is 0.410 e. The second-order valence-electron chi connectivity index (χ2n) is 7.61. The Bertz CT molecular complexity index is 423. The number of hydrogen-bond acceptors (Lipinski definition) is 4. The second kappa shape index (κ2) is 7.51. The average molecular weight is 327 g/mol. The first-order chi connectivity index (χ1) is 10.8. The second-order valence-corrected chi connectivity index (χ2v) is 7.61. The number of carboxylic acid groups (broad SMARTS) is 1. The van der Waals surface area contributed by atoms with E-state index in [2.05, 4.69) is 0 Å². The Morgan fingerprint density at radius 3 is 2.35 bits per heavy atom. The summed E-state index contributed by atoms with van der Waals surface area (Å²) in [6, 6.07) is 0.0713. The molecule has 0 radical (unpaired) electrons. The lowest BCUT2D eigenvalue weighted by atomic mass is 9.87. The van der Waals surface area contributed by atoms with Gasteiger partial charge in [0.1, 0.15) is 5.60 Å². The summed E-state index contributed by atoms with van der Waals surface area (Å²) in [5.74, 6) is -0.921. The van der Waals surface area contributed by atoms with E-state index in [9.17, 15) is 9.59 Å². The van der Waals surface area contributed by atoms with Gasteiger partial charge in [-0.25, -0.2) is 4.79 Å². The molecule has 1 N–H and O–H groups in total. The fraction of sp³-hybridized carbons (Fsp3) is 0.882. The van der Waals surface area contributed by atoms with Gasteiger partial charge in [-0.3, -0.25) is 4.79 Å². The van der Waals surface area contributed by atoms with Crippen LogP contribution in [0.5, 0.6) is 0 Å². The fourth-order valence-corrected chi connectivity index (χ4v) is 3.29. The van der Waals surface area contributed by atoms with Crippen LogP contribution in [0.25, 0.3) is 0 Å². The van der Waals surface area contributed by atoms with Gasteiger partial charge in [0.2, 0.25) is 0 Å². The highest BCUT2D eigenvalue weighted by molar-refractivity contribution is 5.70. The Morgan fingerprint density at radius 2 is 1.78 bits per heavy atom. The van der Waals surface area contributed by atoms with Crippen molar-refractivity contribution in [2.45, 2.75) is 77.0 Å². The van der Waals surface area contributed by atoms with Crippen LogP contribution in [0.1, 0.15) is 59.3 Å². The molecule has 0 aromatic carbocycles. The van der Waals surface area contributed by atoms with Crippen LogP contribution in [-0.2, 0) is 14.3 Å². The fourth-order valence-electron chi connectivity index (χ4n) is 3.29. The Balaban J connectivity index is 1.76. The Labute approximate surface area is 138 Å². The van der Waals surface area contributed by atoms with E-state index >= 15 is 0 Å². The monoisotopic (exact) mass is 327 g/mol. The first-order valence-electron chi connectivity index (χ1n) is 8.60. The van der Waals surface area contributed by atoms with E-state index in [1.54, 1.807) is 4.90 Å². The Morgan fingerprint density at radius 1 is 1.13 bits per heavy atom. The Kier molecular flexibility index (Phi) is 5.89. The first-order valence-corrected chi connectivity index (χ1v) is 8.60. The van der Waals surface area contributed by atoms with E-state index in [4.69, 9.17) is 14.6 Å². The van der Waals surface area contributed by atoms with Gasteiger partial charge in [-0.2, -0.15) is 0 Å². The molecule has 2 aliphatic rings. The van der Waals surface area contributed by atoms with Gasteiger partial charge in [0, 0.05) is 6.54 Å². The minimum Gasteiger partial charge on any atom is -0.481 e. The zero-order valence-corrected chi connectivity index (χ0v) is 14.4. The van der Waals surface area contributed by atoms with E-state index in [-0.39, 0.29) is 24.2 Å². The van der Waals surface area contributed by atoms with E-state index in [1.165, 1.54) is 0 Å². The van der Waals surface area contributed by atoms with Crippen LogP contribution in [0, 0.1) is 5.92 Å². The van der Waals surface area contributed by atoms with Gasteiger partial charge in [-0.05, 0) is 59.3 Å². The molecule has 2 fully saturated rings. The standard InChI is InChI=1S/C17H29NO5/c1-17(2,3)23-16(21)18-10-4-5-13(18)11-22-14-8-6-12(7-9-14)15(19)20/h12-14H,4-11H2,1-3H3,(H,19,20)/t12-,13?,14-. The van der Waals surface area contributed by atoms with Crippen LogP contribution in [0.15, 0.2) is 0 Å². The summed E-state index contributed by atoms with van der Waals surface area (Å²) in [6.45, 7) is 6.84. The number of likely N-dealkylation sites (tertiary alicyclic amines) is 1. The summed E-state index contributed by atoms with van der Waals surface area (Å²) in [5.41, 5.74) is -0.486. The molecule has 6 heteroatoms. The van der Waals surface area contributed by atoms with Crippen molar-refractivity contribution < 1.29 is 24.2 Å². The predicted octanol–water partition coefficient (Wildman–Crippen LogP) is 3.05. The van der Waals surface area contributed by atoms with Crippen molar-refractivity contribution in [3.05, 3.63) is 0 Å². The zero-order chi connectivity index (χ0) is 17.0. The largest absolute Gasteiger partial charge is 0.481 e. The molecule has 1 aliphatic carbocycles. The van der Waals surface area contributed by atoms with Crippen LogP contribution >= 0.6 is 0 Å². The lowest BCUT2D eigenvalue weighted by Crippen LogP contribution is -2.42. The number of nitrogens with zero attached hydrogens (tertiary/aromatic N) is 1. The van der Waals surface area contributed by atoms with Crippen molar-refractivity contribution in [1.29, 1.82) is 0 Å². The van der Waals surface area contributed by atoms with E-state index in [0.29, 0.717) is 26.0 Å². The van der Waals surface area contributed by atoms with E-state index in [0.717, 1.165) is 25.7 Å². The van der Waals surface area contributed by atoms with Crippen LogP contribution < -0.4 is 0 Å². The summed E-state index contributed by atoms with van der Waals surface area (Å²) in [4.78, 5) is 25.0. The quantitative estimate of drug-likeness (QED) is 0.859. The lowest BCUT2D eigenvalue weighted by molar-refractivity contribution is -0.143. The van der Waals surface area contributed by atoms with Crippen molar-refractivity contribution in [2.75, 3.05) is 13.2 Å². The van der Waals surface area contributed by atoms with Gasteiger partial charge < -0.3 is 19.5 Å². The molecule has 0 spiro atoms. The smallest absolute Gasteiger partial charge is 0.410 e. The van der Waals surface area contributed by atoms with Gasteiger partial charge in [0.25, 0.3) is 0 Å². The van der Waals surface area contributed by atoms with Crippen molar-refractivity contribution in [3.8, 4) is 0 Å². The highest BCUT2D eigenvalue weighted by atomic mass is 16.6. The van der Waals surface area contributed by atoms with Gasteiger partial charge in [0.05, 0.1) is 24.7 Å². The molecule has 0 bridgehead atoms. The molecule has 1 unspecified atom stereocenters. The highest BCUT2D eigenvalue weighted by Gasteiger charge is 2.33. The summed E-state index contributed by atoms with van der Waals surface area (Å²) < 4.78 is 11.4. The lowest BCUT2D eigenvalue weighted by Gasteiger charge is -2.31. The molecule has 6 nitrogen and oxygen atoms in total. The molecule has 132 valence electrons. The summed E-state index contributed by atoms with van der Waals surface area (Å²) in [7, 11) is 0. The number of hydrogen-bond donors (Lipinski definition) is 1. The van der Waals surface area contributed by atoms with Gasteiger partial charge in [0.15, 0.2) is 0 Å². The molecule has 2 rings (SSSR count). The maximum absolute atomic E-state index is 12.2. The number of aliphatic carboxylic acids is 1. The number of rotatable bonds is 4. The molecule has 23 heavy (non-hydrogen) atoms. The van der Waals surface area contributed by atoms with Crippen molar-refractivity contribution in [1.82, 2.24) is 4.90 Å². The summed E-state index contributed by atoms with van der Waals surface area (Å²) in [5, 5.41) is 9.02. The van der Waals surface area contributed by atoms with Crippen LogP contribution in [-0.4, -0.2) is 53.0 Å². The average Bonchev–Trinajstić information content (AvgIpc) is 2.92. The molecule has 1 amide bonds. The van der Waals surface area contributed by atoms with E-state index < -0.39 is 11.6 Å². The van der Waals surface area contributed by atoms with E-state index in [1.807, 2.05) is 20.8 Å². The molecule has 1 saturated carbocycles. The SMILES string of the molecule is CC(C)(C)OC(=O)N1CCCC1CO[C@H]1CC[C@H](C(=O)O)CC1. The van der Waals surface area contributed by atoms with Crippen LogP contribution in [0.3, 0.4) is 0 Å². The van der Waals surface area contributed by atoms with Gasteiger partial charge >= 0.3 is 12.1 Å². The third-order valence-electron chi connectivity index (χ3n) is 4.55. The van der Waals surface area contributed by atoms with Crippen LogP contribution in [0.2, 0.25) is 0 Å². The molecular weight excluding hydrogens is 298 g/mol. The molecular formula is C17H29NO5. The summed E-state index contributed by atoms with van der Waals surface area (Å²) >= 11 is 0. The zero-order valence-electron chi connectivity index (χ0n) is 14.4. The maximum atomic E-state index is 12.2. The normalized spacial score (nSPS) is 28.7. The molecule has 1 aliphatic heterocycles. The predicted molar refractivity (Wildman–Crippen MR) is 85.3 cm³/mol. The third-order valence-corrected chi connectivity index (χ3v) is 4.55. The molecule has 0 aromatic rings. The molecule has 1 heterocycles. The number of amides is 1. The third kappa shape index (κ3) is 5.37. The molecule has 1 saturated heterocycles. The number of carbonyl (C=O) groups is 2. The van der Waals surface area contributed by atoms with Crippen molar-refractivity contribution in [2.24, 2.45) is 5.92 Å². The first kappa shape index (κ1) is 18.0. The van der Waals surface area contributed by atoms with Crippen molar-refractivity contribution in [3.63, 3.8) is 0 Å². The number of ether oxygens (including phenoxy) is 2. The summed E-state index contributed by atoms with van der Waals surface area (Å²) in [6.07, 6.45) is 4.69. The Hall–Kier alpha value is -1.30. The number of carboxylic acids is 1. The minimum atomic E-state index is -0.699. The van der Waals surface area contributed by atoms with Crippen molar-refractivity contribution >= 4 is 12.1 Å². The topological polar surface area (TPSA) is 76.1 Å². The highest BCUT2D eigenvalue weighted by Crippen LogP contribution is 2.28. The van der Waals surface area contributed by atoms with Gasteiger partial charge in [-0.1, -0.05) is 0 Å². The van der Waals surface area contributed by atoms with Gasteiger partial charge in [-0.15, -0.1) is 0 Å². The molecule has 0 aromatic heterocycles. The molecule has 1 atom stereocenters. The minimum absolute atomic E-state index is 0.0713. The van der Waals surface area contributed by atoms with Crippen LogP contribution in [0.4, 0.5) is 4.79 Å². The number of carbonyl (C=O) groups excluding carboxylic acids is 1.